The van der Waals surface area contributed by atoms with Gasteiger partial charge in [0.15, 0.2) is 0 Å². The summed E-state index contributed by atoms with van der Waals surface area (Å²) in [4.78, 5) is 2.26. The van der Waals surface area contributed by atoms with E-state index in [1.165, 1.54) is 32.1 Å². The molecule has 1 saturated heterocycles. The molecule has 7 nitrogen and oxygen atoms in total. The normalized spacial score (nSPS) is 15.8. The van der Waals surface area contributed by atoms with Crippen molar-refractivity contribution < 1.29 is 22.3 Å². The molecule has 0 aromatic rings. The summed E-state index contributed by atoms with van der Waals surface area (Å²) < 4.78 is 32.8. The summed E-state index contributed by atoms with van der Waals surface area (Å²) in [5.74, 6) is 0. The van der Waals surface area contributed by atoms with Crippen LogP contribution < -0.4 is 5.32 Å². The maximum Gasteiger partial charge on any atom is 0.397 e. The fraction of sp³-hybridized carbons (Fsp3) is 1.00. The van der Waals surface area contributed by atoms with Crippen molar-refractivity contribution in [1.82, 2.24) is 10.2 Å². The number of nitrogens with zero attached hydrogens (tertiary/aromatic N) is 1. The van der Waals surface area contributed by atoms with Gasteiger partial charge in [0, 0.05) is 32.7 Å². The Bertz CT molecular complexity index is 357. The van der Waals surface area contributed by atoms with Crippen molar-refractivity contribution in [2.45, 2.75) is 58.3 Å². The largest absolute Gasteiger partial charge is 0.397 e. The van der Waals surface area contributed by atoms with Crippen LogP contribution in [0.1, 0.15) is 58.3 Å². The van der Waals surface area contributed by atoms with Gasteiger partial charge >= 0.3 is 10.4 Å². The average molecular weight is 369 g/mol. The number of hydrogen-bond donors (Lipinski definition) is 3. The molecule has 0 radical (unpaired) electrons. The maximum absolute atomic E-state index is 10.2. The molecule has 1 aliphatic heterocycles. The molecule has 0 bridgehead atoms. The summed E-state index contributed by atoms with van der Waals surface area (Å²) in [6, 6.07) is 0. The van der Waals surface area contributed by atoms with Crippen LogP contribution in [0.4, 0.5) is 0 Å². The molecule has 0 atom stereocenters. The van der Waals surface area contributed by atoms with Crippen molar-refractivity contribution in [3.8, 4) is 0 Å². The fourth-order valence-corrected chi connectivity index (χ4v) is 2.80. The molecule has 0 spiro atoms. The van der Waals surface area contributed by atoms with E-state index in [0.717, 1.165) is 45.6 Å². The van der Waals surface area contributed by atoms with Gasteiger partial charge in [0.05, 0.1) is 13.2 Å². The van der Waals surface area contributed by atoms with Crippen molar-refractivity contribution in [1.29, 1.82) is 0 Å². The molecule has 1 heterocycles. The van der Waals surface area contributed by atoms with E-state index in [-0.39, 0.29) is 6.61 Å². The second-order valence-electron chi connectivity index (χ2n) is 6.04. The molecule has 1 fully saturated rings. The number of unbranched alkanes of at least 4 members (excludes halogenated alkanes) is 7. The zero-order valence-electron chi connectivity index (χ0n) is 15.1. The predicted molar refractivity (Wildman–Crippen MR) is 96.5 cm³/mol. The van der Waals surface area contributed by atoms with Crippen molar-refractivity contribution in [2.24, 2.45) is 0 Å². The van der Waals surface area contributed by atoms with Gasteiger partial charge < -0.3 is 10.4 Å². The lowest BCUT2D eigenvalue weighted by molar-refractivity contribution is 0.180. The van der Waals surface area contributed by atoms with Crippen LogP contribution in [-0.2, 0) is 14.6 Å². The predicted octanol–water partition coefficient (Wildman–Crippen LogP) is 1.83. The molecular weight excluding hydrogens is 332 g/mol. The van der Waals surface area contributed by atoms with Crippen LogP contribution in [0.25, 0.3) is 0 Å². The maximum atomic E-state index is 10.2. The van der Waals surface area contributed by atoms with Gasteiger partial charge in [-0.15, -0.1) is 0 Å². The fourth-order valence-electron chi connectivity index (χ4n) is 2.48. The molecule has 0 amide bonds. The molecular formula is C16H36N2O5S. The Hall–Kier alpha value is -0.250. The molecule has 0 unspecified atom stereocenters. The Morgan fingerprint density at radius 3 is 2.04 bits per heavy atom. The van der Waals surface area contributed by atoms with E-state index in [9.17, 15) is 8.42 Å². The zero-order chi connectivity index (χ0) is 18.1. The highest BCUT2D eigenvalue weighted by atomic mass is 32.3. The van der Waals surface area contributed by atoms with Crippen LogP contribution in [0.3, 0.4) is 0 Å². The molecule has 0 aliphatic carbocycles. The van der Waals surface area contributed by atoms with Crippen molar-refractivity contribution in [3.05, 3.63) is 0 Å². The summed E-state index contributed by atoms with van der Waals surface area (Å²) in [5, 5.41) is 11.8. The van der Waals surface area contributed by atoms with Crippen molar-refractivity contribution >= 4 is 10.4 Å². The Morgan fingerprint density at radius 2 is 1.54 bits per heavy atom. The lowest BCUT2D eigenvalue weighted by atomic mass is 10.1. The Labute approximate surface area is 147 Å². The van der Waals surface area contributed by atoms with Crippen molar-refractivity contribution in [2.75, 3.05) is 45.9 Å². The highest BCUT2D eigenvalue weighted by molar-refractivity contribution is 7.80. The van der Waals surface area contributed by atoms with E-state index in [1.54, 1.807) is 0 Å². The number of piperazine rings is 1. The molecule has 1 rings (SSSR count). The third-order valence-electron chi connectivity index (χ3n) is 3.86. The van der Waals surface area contributed by atoms with Gasteiger partial charge in [-0.05, 0) is 6.42 Å². The SMILES string of the molecule is CCCCCCCCCCOS(=O)(=O)O.OCCN1CCNCC1. The van der Waals surface area contributed by atoms with Crippen LogP contribution in [0, 0.1) is 0 Å². The Balaban J connectivity index is 0.000000496. The first-order valence-corrected chi connectivity index (χ1v) is 10.5. The van der Waals surface area contributed by atoms with Gasteiger partial charge in [0.2, 0.25) is 0 Å². The van der Waals surface area contributed by atoms with Gasteiger partial charge in [-0.2, -0.15) is 8.42 Å². The topological polar surface area (TPSA) is 99.1 Å². The summed E-state index contributed by atoms with van der Waals surface area (Å²) in [6.45, 7) is 7.71. The molecule has 8 heteroatoms. The van der Waals surface area contributed by atoms with E-state index in [1.807, 2.05) is 0 Å². The van der Waals surface area contributed by atoms with Gasteiger partial charge in [-0.1, -0.05) is 51.9 Å². The average Bonchev–Trinajstić information content (AvgIpc) is 2.54. The molecule has 1 aliphatic rings. The second-order valence-corrected chi connectivity index (χ2v) is 7.13. The smallest absolute Gasteiger partial charge is 0.395 e. The summed E-state index contributed by atoms with van der Waals surface area (Å²) >= 11 is 0. The highest BCUT2D eigenvalue weighted by Gasteiger charge is 2.06. The first-order chi connectivity index (χ1) is 11.5. The second kappa shape index (κ2) is 16.2. The number of aliphatic hydroxyl groups is 1. The number of nitrogens with one attached hydrogen (secondary N) is 1. The van der Waals surface area contributed by atoms with E-state index < -0.39 is 10.4 Å². The highest BCUT2D eigenvalue weighted by Crippen LogP contribution is 2.08. The lowest BCUT2D eigenvalue weighted by Crippen LogP contribution is -2.44. The Kier molecular flexibility index (Phi) is 16.1. The van der Waals surface area contributed by atoms with Crippen LogP contribution in [0.2, 0.25) is 0 Å². The number of rotatable bonds is 12. The molecule has 146 valence electrons. The summed E-state index contributed by atoms with van der Waals surface area (Å²) in [5.41, 5.74) is 0. The third-order valence-corrected chi connectivity index (χ3v) is 4.32. The summed E-state index contributed by atoms with van der Waals surface area (Å²) in [7, 11) is -4.23. The van der Waals surface area contributed by atoms with E-state index in [4.69, 9.17) is 9.66 Å². The van der Waals surface area contributed by atoms with Gasteiger partial charge in [-0.3, -0.25) is 9.45 Å². The monoisotopic (exact) mass is 368 g/mol. The summed E-state index contributed by atoms with van der Waals surface area (Å²) in [6.07, 6.45) is 9.05. The minimum atomic E-state index is -4.23. The van der Waals surface area contributed by atoms with Crippen LogP contribution >= 0.6 is 0 Å². The number of aliphatic hydroxyl groups excluding tert-OH is 1. The third kappa shape index (κ3) is 18.1. The lowest BCUT2D eigenvalue weighted by Gasteiger charge is -2.25. The van der Waals surface area contributed by atoms with E-state index in [0.29, 0.717) is 13.0 Å². The van der Waals surface area contributed by atoms with E-state index in [2.05, 4.69) is 21.3 Å². The first-order valence-electron chi connectivity index (χ1n) is 9.15. The molecule has 0 aromatic heterocycles. The molecule has 24 heavy (non-hydrogen) atoms. The molecule has 0 saturated carbocycles. The number of β-amino-alcohol motifs (C(OH)–C–C–N with tert-alkyl or cyclic N) is 1. The van der Waals surface area contributed by atoms with Gasteiger partial charge in [0.1, 0.15) is 0 Å². The standard InChI is InChI=1S/C10H22O4S.C6H14N2O/c1-2-3-4-5-6-7-8-9-10-14-15(11,12)13;9-6-5-8-3-1-7-2-4-8/h2-10H2,1H3,(H,11,12,13);7,9H,1-6H2. The van der Waals surface area contributed by atoms with Gasteiger partial charge in [-0.25, -0.2) is 4.18 Å². The van der Waals surface area contributed by atoms with E-state index >= 15 is 0 Å². The van der Waals surface area contributed by atoms with Gasteiger partial charge in [0.25, 0.3) is 0 Å². The minimum absolute atomic E-state index is 0.0911. The molecule has 0 aromatic carbocycles. The zero-order valence-corrected chi connectivity index (χ0v) is 15.9. The molecule has 3 N–H and O–H groups in total. The number of hydrogen-bond acceptors (Lipinski definition) is 6. The Morgan fingerprint density at radius 1 is 1.00 bits per heavy atom. The van der Waals surface area contributed by atoms with Crippen LogP contribution in [-0.4, -0.2) is 68.9 Å². The minimum Gasteiger partial charge on any atom is -0.395 e. The quantitative estimate of drug-likeness (QED) is 0.357. The van der Waals surface area contributed by atoms with Crippen LogP contribution in [0.5, 0.6) is 0 Å². The van der Waals surface area contributed by atoms with Crippen LogP contribution in [0.15, 0.2) is 0 Å². The van der Waals surface area contributed by atoms with Crippen molar-refractivity contribution in [3.63, 3.8) is 0 Å². The first kappa shape index (κ1) is 23.8.